The summed E-state index contributed by atoms with van der Waals surface area (Å²) in [6.45, 7) is -10.5. The molecular formula is C90H101F6N25O23. The number of alkyl halides is 6. The molecule has 4 aliphatic rings. The van der Waals surface area contributed by atoms with Crippen LogP contribution in [0.15, 0.2) is 91.4 Å². The van der Waals surface area contributed by atoms with Crippen LogP contribution in [0, 0.1) is 34.0 Å². The van der Waals surface area contributed by atoms with Crippen molar-refractivity contribution in [1.29, 1.82) is 15.8 Å². The molecular weight excluding hydrogens is 1910 g/mol. The maximum absolute atomic E-state index is 14.0. The van der Waals surface area contributed by atoms with E-state index in [4.69, 9.17) is 0 Å². The lowest BCUT2D eigenvalue weighted by Gasteiger charge is -2.46. The Labute approximate surface area is 814 Å². The van der Waals surface area contributed by atoms with Gasteiger partial charge in [-0.05, 0) is 55.7 Å². The zero-order valence-corrected chi connectivity index (χ0v) is 76.9. The van der Waals surface area contributed by atoms with E-state index in [9.17, 15) is 154 Å². The summed E-state index contributed by atoms with van der Waals surface area (Å²) < 4.78 is 84.1. The van der Waals surface area contributed by atoms with E-state index in [-0.39, 0.29) is 106 Å². The van der Waals surface area contributed by atoms with E-state index in [1.54, 1.807) is 18.2 Å². The number of carbonyl (C=O) groups excluding carboxylic acids is 15. The third-order valence-corrected chi connectivity index (χ3v) is 23.3. The van der Waals surface area contributed by atoms with Crippen molar-refractivity contribution in [2.24, 2.45) is 0 Å². The zero-order valence-electron chi connectivity index (χ0n) is 76.9. The van der Waals surface area contributed by atoms with Gasteiger partial charge < -0.3 is 98.9 Å². The normalized spacial score (nSPS) is 17.2. The van der Waals surface area contributed by atoms with Gasteiger partial charge in [-0.2, -0.15) is 15.8 Å². The Balaban J connectivity index is 0.721. The molecule has 4 unspecified atom stereocenters. The summed E-state index contributed by atoms with van der Waals surface area (Å²) in [7, 11) is 0. The number of nitrogens with zero attached hydrogens (tertiary/aromatic N) is 13. The van der Waals surface area contributed by atoms with Gasteiger partial charge in [-0.3, -0.25) is 126 Å². The van der Waals surface area contributed by atoms with Gasteiger partial charge in [-0.15, -0.1) is 0 Å². The first-order valence-electron chi connectivity index (χ1n) is 45.0. The highest BCUT2D eigenvalue weighted by Gasteiger charge is 2.50. The maximum Gasteiger partial charge on any atom is 0.321 e. The molecule has 48 nitrogen and oxygen atoms in total. The summed E-state index contributed by atoms with van der Waals surface area (Å²) in [4.78, 5) is 270. The van der Waals surface area contributed by atoms with Crippen LogP contribution in [-0.4, -0.2) is 348 Å². The highest BCUT2D eigenvalue weighted by molar-refractivity contribution is 6.14. The lowest BCUT2D eigenvalue weighted by molar-refractivity contribution is -0.160. The fourth-order valence-corrected chi connectivity index (χ4v) is 16.4. The van der Waals surface area contributed by atoms with Crippen molar-refractivity contribution in [3.05, 3.63) is 108 Å². The quantitative estimate of drug-likeness (QED) is 0.0175. The number of rotatable bonds is 47. The first-order chi connectivity index (χ1) is 68.4. The number of carbonyl (C=O) groups is 19. The van der Waals surface area contributed by atoms with Gasteiger partial charge >= 0.3 is 23.9 Å². The first kappa shape index (κ1) is 110. The molecule has 0 spiro atoms. The topological polar surface area (TPSA) is 682 Å². The van der Waals surface area contributed by atoms with E-state index in [0.29, 0.717) is 14.7 Å². The number of carboxylic acids is 4. The largest absolute Gasteiger partial charge is 0.480 e. The van der Waals surface area contributed by atoms with E-state index in [1.165, 1.54) is 91.4 Å². The minimum atomic E-state index is -3.30. The number of halogens is 6. The van der Waals surface area contributed by atoms with Crippen LogP contribution in [0.2, 0.25) is 0 Å². The number of aromatic nitrogens is 3. The molecule has 0 aliphatic carbocycles. The monoisotopic (exact) mass is 2010 g/mol. The summed E-state index contributed by atoms with van der Waals surface area (Å²) in [6.07, 6.45) is -4.88. The van der Waals surface area contributed by atoms with E-state index in [2.05, 4.69) is 78.8 Å². The molecule has 0 radical (unpaired) electrons. The van der Waals surface area contributed by atoms with Crippen LogP contribution in [0.4, 0.5) is 43.4 Å². The lowest BCUT2D eigenvalue weighted by Crippen LogP contribution is -2.63. The van der Waals surface area contributed by atoms with Crippen LogP contribution in [0.1, 0.15) is 127 Å². The molecule has 10 rings (SSSR count). The van der Waals surface area contributed by atoms with Crippen LogP contribution in [-0.2, 0) is 76.7 Å². The van der Waals surface area contributed by atoms with E-state index in [0.717, 1.165) is 19.6 Å². The molecule has 15 amide bonds. The molecule has 3 aromatic heterocycles. The fraction of sp³-hybridized carbons (Fsp3) is 0.456. The van der Waals surface area contributed by atoms with Crippen molar-refractivity contribution in [3.8, 4) is 18.2 Å². The minimum Gasteiger partial charge on any atom is -0.480 e. The molecule has 4 saturated heterocycles. The SMILES string of the molecule is N#CC1CC(F)(F)CN1C(=O)CNC(=O)c1ccnc2c(NC(=O)CCC(=O)NCCNC(=O)CCC(C(=O)O)N3CN(CC(=O)O)CN(C(CCC(=O)NCCNC(=O)CCC(=O)Nc4cccc5c(C(=O)NCC(=O)N6CC(F)(F)C[C@H]6C#N)ccnc45)C(=O)O)CN(C(CCC(=O)NCCNC(=O)CCC(=O)Nc4cccc5c(C(=O)NCC(=O)N6CC(F)(F)C[C@H]6C#N)ccnc45)C(=O)O)C3)cccc12. The van der Waals surface area contributed by atoms with Gasteiger partial charge in [-0.25, -0.2) is 26.3 Å². The predicted octanol–water partition coefficient (Wildman–Crippen LogP) is -0.110. The Hall–Kier alpha value is -16.3. The Morgan fingerprint density at radius 1 is 0.347 bits per heavy atom. The van der Waals surface area contributed by atoms with E-state index >= 15 is 0 Å². The molecule has 4 fully saturated rings. The number of nitriles is 3. The summed E-state index contributed by atoms with van der Waals surface area (Å²) in [5, 5.41) is 101. The Morgan fingerprint density at radius 2 is 0.597 bits per heavy atom. The second kappa shape index (κ2) is 50.7. The highest BCUT2D eigenvalue weighted by Crippen LogP contribution is 2.36. The second-order valence-corrected chi connectivity index (χ2v) is 33.9. The molecule has 7 heterocycles. The zero-order chi connectivity index (χ0) is 105. The number of amides is 15. The van der Waals surface area contributed by atoms with E-state index in [1.807, 2.05) is 0 Å². The first-order valence-corrected chi connectivity index (χ1v) is 45.0. The molecule has 16 N–H and O–H groups in total. The maximum atomic E-state index is 14.0. The van der Waals surface area contributed by atoms with Crippen molar-refractivity contribution >= 4 is 162 Å². The number of hydrogen-bond donors (Lipinski definition) is 16. The number of benzene rings is 3. The molecule has 4 aliphatic heterocycles. The minimum absolute atomic E-state index is 0.0173. The molecule has 0 saturated carbocycles. The number of likely N-dealkylation sites (tertiary alicyclic amines) is 3. The van der Waals surface area contributed by atoms with Crippen molar-refractivity contribution in [2.45, 2.75) is 150 Å². The Bertz CT molecular complexity index is 5830. The summed E-state index contributed by atoms with van der Waals surface area (Å²) in [5.41, 5.74) is 0.598. The molecule has 54 heteroatoms. The van der Waals surface area contributed by atoms with E-state index < -0.39 is 335 Å². The average Bonchev–Trinajstić information content (AvgIpc) is 1.15. The fourth-order valence-electron chi connectivity index (χ4n) is 16.4. The lowest BCUT2D eigenvalue weighted by atomic mass is 10.1. The Kier molecular flexibility index (Phi) is 38.6. The van der Waals surface area contributed by atoms with Crippen molar-refractivity contribution < 1.29 is 138 Å². The highest BCUT2D eigenvalue weighted by atomic mass is 19.3. The van der Waals surface area contributed by atoms with Crippen LogP contribution >= 0.6 is 0 Å². The molecule has 6 atom stereocenters. The molecule has 0 bridgehead atoms. The number of hydrogen-bond acceptors (Lipinski definition) is 29. The molecule has 6 aromatic rings. The van der Waals surface area contributed by atoms with Crippen LogP contribution in [0.25, 0.3) is 32.7 Å². The number of nitrogens with one attached hydrogen (secondary N) is 12. The summed E-state index contributed by atoms with van der Waals surface area (Å²) >= 11 is 0. The van der Waals surface area contributed by atoms with Crippen molar-refractivity contribution in [3.63, 3.8) is 0 Å². The van der Waals surface area contributed by atoms with Gasteiger partial charge in [-0.1, -0.05) is 36.4 Å². The number of fused-ring (bicyclic) bond motifs is 3. The van der Waals surface area contributed by atoms with Crippen LogP contribution < -0.4 is 63.8 Å². The van der Waals surface area contributed by atoms with Crippen LogP contribution in [0.5, 0.6) is 0 Å². The molecule has 144 heavy (non-hydrogen) atoms. The molecule has 3 aromatic carbocycles. The van der Waals surface area contributed by atoms with Gasteiger partial charge in [0, 0.05) is 151 Å². The molecule has 766 valence electrons. The van der Waals surface area contributed by atoms with Crippen LogP contribution in [0.3, 0.4) is 0 Å². The third kappa shape index (κ3) is 31.4. The third-order valence-electron chi connectivity index (χ3n) is 23.3. The van der Waals surface area contributed by atoms with Gasteiger partial charge in [0.25, 0.3) is 35.5 Å². The number of aliphatic carboxylic acids is 4. The number of pyridine rings is 3. The summed E-state index contributed by atoms with van der Waals surface area (Å²) in [6, 6.07) is 12.5. The average molecular weight is 2010 g/mol. The predicted molar refractivity (Wildman–Crippen MR) is 487 cm³/mol. The number of anilines is 3. The van der Waals surface area contributed by atoms with Crippen molar-refractivity contribution in [1.82, 2.24) is 97.1 Å². The Morgan fingerprint density at radius 3 is 0.847 bits per heavy atom. The smallest absolute Gasteiger partial charge is 0.321 e. The van der Waals surface area contributed by atoms with Gasteiger partial charge in [0.1, 0.15) is 36.3 Å². The summed E-state index contributed by atoms with van der Waals surface area (Å²) in [5.74, 6) is -28.0. The number of carboxylic acid groups (broad SMARTS) is 4. The van der Waals surface area contributed by atoms with Gasteiger partial charge in [0.15, 0.2) is 0 Å². The van der Waals surface area contributed by atoms with Crippen molar-refractivity contribution in [2.75, 3.05) is 128 Å². The standard InChI is InChI=1S/C90H101F6N25O23/c91-88(92)34-51(37-97)119(44-88)75(131)40-109-82(136)57-22-25-106-79-54(57)4-1-7-60(79)112-72(128)19-16-69(125)103-31-28-100-66(122)13-10-63(85(139)140)116-47-115(43-78(134)135)48-117(64(86(141)142)11-14-67(123)101-29-32-104-70(126)17-20-73(129)113-61-8-2-5-55-58(23-26-107-80(55)61)83(137)110-41-76(132)120-45-89(93,94)35-52(120)38-98)50-118(49-116)65(87(143)144)12-15-68(124)102-30-33-105-71(127)18-21-74(130)114-62-9-3-6-56-59(24-27-108-81(56)62)84(138)111-42-77(133)121-46-90(95,96)36-53(121)39-99/h1-9,22-27,51-53,63-65H,10-21,28-36,40-50H2,(H,100,122)(H,101,123)(H,102,124)(H,103,125)(H,104,126)(H,105,127)(H,109,136)(H,110,137)(H,111,138)(H,112,128)(H,113,129)(H,114,130)(H,134,135)(H,139,140)(H,141,142)(H,143,144)/t51-,52?,53-,63?,64?,65?/m0/s1. The number of para-hydroxylation sites is 3. The van der Waals surface area contributed by atoms with Gasteiger partial charge in [0.05, 0.1) is 141 Å². The second-order valence-electron chi connectivity index (χ2n) is 33.9. The van der Waals surface area contributed by atoms with Gasteiger partial charge in [0.2, 0.25) is 70.9 Å².